The van der Waals surface area contributed by atoms with Crippen LogP contribution in [0.4, 0.5) is 39.0 Å². The van der Waals surface area contributed by atoms with Crippen molar-refractivity contribution >= 4 is 38.5 Å². The first-order valence-electron chi connectivity index (χ1n) is 12.8. The fraction of sp³-hybridized carbons (Fsp3) is 0.429. The van der Waals surface area contributed by atoms with Gasteiger partial charge in [0, 0.05) is 24.7 Å². The van der Waals surface area contributed by atoms with E-state index in [4.69, 9.17) is 9.84 Å². The molecule has 4 rings (SSSR count). The van der Waals surface area contributed by atoms with Crippen molar-refractivity contribution in [3.63, 3.8) is 0 Å². The fourth-order valence-electron chi connectivity index (χ4n) is 4.59. The average Bonchev–Trinajstić information content (AvgIpc) is 3.25. The Morgan fingerprint density at radius 2 is 1.90 bits per heavy atom. The highest BCUT2D eigenvalue weighted by Gasteiger charge is 2.31. The Kier molecular flexibility index (Phi) is 9.95. The van der Waals surface area contributed by atoms with Crippen molar-refractivity contribution < 1.29 is 31.8 Å². The Morgan fingerprint density at radius 3 is 2.60 bits per heavy atom. The second-order valence-electron chi connectivity index (χ2n) is 9.49. The molecule has 2 heterocycles. The lowest BCUT2D eigenvalue weighted by Crippen LogP contribution is -2.36. The molecule has 1 fully saturated rings. The third-order valence-corrected chi connectivity index (χ3v) is 7.75. The van der Waals surface area contributed by atoms with Gasteiger partial charge in [0.1, 0.15) is 11.6 Å². The second-order valence-corrected chi connectivity index (χ2v) is 10.5. The second kappa shape index (κ2) is 13.4. The van der Waals surface area contributed by atoms with Gasteiger partial charge in [-0.2, -0.15) is 13.2 Å². The summed E-state index contributed by atoms with van der Waals surface area (Å²) in [6.45, 7) is 0.566. The highest BCUT2D eigenvalue weighted by atomic mass is 32.1. The third-order valence-electron chi connectivity index (χ3n) is 6.55. The minimum atomic E-state index is -4.41. The van der Waals surface area contributed by atoms with Crippen LogP contribution < -0.4 is 20.7 Å². The molecule has 0 bridgehead atoms. The number of thiophene rings is 1. The van der Waals surface area contributed by atoms with Crippen LogP contribution in [-0.2, 0) is 6.42 Å². The first-order valence-corrected chi connectivity index (χ1v) is 13.7. The number of aliphatic hydroxyl groups is 1. The van der Waals surface area contributed by atoms with E-state index in [1.807, 2.05) is 6.07 Å². The maximum atomic E-state index is 14.4. The Bertz CT molecular complexity index is 1360. The molecule has 0 atom stereocenters. The summed E-state index contributed by atoms with van der Waals surface area (Å²) in [4.78, 5) is 2.55. The predicted octanol–water partition coefficient (Wildman–Crippen LogP) is 5.82. The topological polar surface area (TPSA) is 68.8 Å². The van der Waals surface area contributed by atoms with Crippen LogP contribution in [0.25, 0.3) is 10.1 Å². The van der Waals surface area contributed by atoms with Crippen LogP contribution in [-0.4, -0.2) is 68.9 Å². The van der Waals surface area contributed by atoms with Gasteiger partial charge in [0.25, 0.3) is 0 Å². The van der Waals surface area contributed by atoms with Gasteiger partial charge in [0.2, 0.25) is 6.86 Å². The zero-order chi connectivity index (χ0) is 28.7. The number of halogens is 5. The quantitative estimate of drug-likeness (QED) is 0.178. The van der Waals surface area contributed by atoms with Crippen molar-refractivity contribution in [2.75, 3.05) is 62.6 Å². The predicted molar refractivity (Wildman–Crippen MR) is 150 cm³/mol. The molecule has 0 unspecified atom stereocenters. The lowest BCUT2D eigenvalue weighted by atomic mass is 10.0. The molecule has 2 aromatic carbocycles. The maximum Gasteiger partial charge on any atom is 0.393 e. The summed E-state index contributed by atoms with van der Waals surface area (Å²) in [6.07, 6.45) is -3.63. The van der Waals surface area contributed by atoms with Crippen molar-refractivity contribution in [1.82, 2.24) is 4.90 Å². The van der Waals surface area contributed by atoms with Gasteiger partial charge in [-0.1, -0.05) is 24.0 Å². The number of ether oxygens (including phenoxy) is 1. The molecule has 1 saturated heterocycles. The molecule has 0 saturated carbocycles. The summed E-state index contributed by atoms with van der Waals surface area (Å²) in [7, 11) is 2.07. The van der Waals surface area contributed by atoms with E-state index in [0.717, 1.165) is 42.4 Å². The molecule has 4 N–H and O–H groups in total. The normalized spacial score (nSPS) is 14.6. The third kappa shape index (κ3) is 7.68. The molecule has 6 nitrogen and oxygen atoms in total. The average molecular weight is 583 g/mol. The molecule has 12 heteroatoms. The van der Waals surface area contributed by atoms with Crippen molar-refractivity contribution in [1.29, 1.82) is 0 Å². The summed E-state index contributed by atoms with van der Waals surface area (Å²) in [5.74, 6) is 5.04. The number of piperidine rings is 1. The number of fused-ring (bicyclic) bond motifs is 1. The van der Waals surface area contributed by atoms with Gasteiger partial charge in [-0.05, 0) is 50.0 Å². The van der Waals surface area contributed by atoms with Gasteiger partial charge in [-0.3, -0.25) is 0 Å². The number of nitrogens with zero attached hydrogens (tertiary/aromatic N) is 1. The van der Waals surface area contributed by atoms with Crippen molar-refractivity contribution in [2.24, 2.45) is 0 Å². The van der Waals surface area contributed by atoms with Crippen molar-refractivity contribution in [3.05, 3.63) is 46.6 Å². The summed E-state index contributed by atoms with van der Waals surface area (Å²) >= 11 is 1.21. The van der Waals surface area contributed by atoms with Gasteiger partial charge < -0.3 is 30.7 Å². The summed E-state index contributed by atoms with van der Waals surface area (Å²) in [6, 6.07) is 7.92. The molecular weight excluding hydrogens is 551 g/mol. The Morgan fingerprint density at radius 1 is 1.12 bits per heavy atom. The Labute approximate surface area is 233 Å². The molecule has 0 spiro atoms. The van der Waals surface area contributed by atoms with E-state index >= 15 is 0 Å². The summed E-state index contributed by atoms with van der Waals surface area (Å²) in [5.41, 5.74) is 1.08. The Balaban J connectivity index is 1.58. The number of aliphatic hydroxyl groups excluding tert-OH is 1. The highest BCUT2D eigenvalue weighted by Crippen LogP contribution is 2.39. The molecule has 1 aliphatic rings. The SMILES string of the molecule is CN1CCC(Nc2cccc3c(CC(F)(F)F)c(C#CCNc4cc(F)c(NCCO)cc4OCF)sc23)CC1. The van der Waals surface area contributed by atoms with Crippen LogP contribution in [0.3, 0.4) is 0 Å². The molecule has 0 aliphatic carbocycles. The molecule has 1 aliphatic heterocycles. The number of hydrogen-bond acceptors (Lipinski definition) is 7. The van der Waals surface area contributed by atoms with Gasteiger partial charge in [-0.25, -0.2) is 8.78 Å². The van der Waals surface area contributed by atoms with Crippen LogP contribution in [0.5, 0.6) is 5.75 Å². The lowest BCUT2D eigenvalue weighted by Gasteiger charge is -2.30. The van der Waals surface area contributed by atoms with E-state index in [0.29, 0.717) is 10.3 Å². The number of hydrogen-bond donors (Lipinski definition) is 4. The fourth-order valence-corrected chi connectivity index (χ4v) is 5.76. The van der Waals surface area contributed by atoms with Gasteiger partial charge in [0.15, 0.2) is 0 Å². The van der Waals surface area contributed by atoms with E-state index in [2.05, 4.69) is 39.7 Å². The molecule has 216 valence electrons. The first-order chi connectivity index (χ1) is 19.2. The number of alkyl halides is 4. The summed E-state index contributed by atoms with van der Waals surface area (Å²) < 4.78 is 73.6. The van der Waals surface area contributed by atoms with Crippen LogP contribution >= 0.6 is 11.3 Å². The van der Waals surface area contributed by atoms with Crippen molar-refractivity contribution in [3.8, 4) is 17.6 Å². The van der Waals surface area contributed by atoms with E-state index in [1.165, 1.54) is 17.4 Å². The molecule has 0 amide bonds. The minimum Gasteiger partial charge on any atom is -0.461 e. The van der Waals surface area contributed by atoms with Gasteiger partial charge >= 0.3 is 6.18 Å². The first kappa shape index (κ1) is 29.7. The van der Waals surface area contributed by atoms with Crippen LogP contribution in [0.2, 0.25) is 0 Å². The number of anilines is 3. The Hall–Kier alpha value is -3.27. The zero-order valence-electron chi connectivity index (χ0n) is 21.9. The van der Waals surface area contributed by atoms with Crippen LogP contribution in [0, 0.1) is 17.7 Å². The largest absolute Gasteiger partial charge is 0.461 e. The van der Waals surface area contributed by atoms with Crippen LogP contribution in [0.1, 0.15) is 23.3 Å². The lowest BCUT2D eigenvalue weighted by molar-refractivity contribution is -0.126. The van der Waals surface area contributed by atoms with Gasteiger partial charge in [0.05, 0.1) is 46.2 Å². The number of nitrogens with one attached hydrogen (secondary N) is 3. The maximum absolute atomic E-state index is 14.4. The zero-order valence-corrected chi connectivity index (χ0v) is 22.7. The molecule has 40 heavy (non-hydrogen) atoms. The van der Waals surface area contributed by atoms with E-state index in [-0.39, 0.29) is 48.4 Å². The van der Waals surface area contributed by atoms with E-state index in [9.17, 15) is 22.0 Å². The smallest absolute Gasteiger partial charge is 0.393 e. The van der Waals surface area contributed by atoms with E-state index in [1.54, 1.807) is 12.1 Å². The minimum absolute atomic E-state index is 0.0235. The number of benzene rings is 2. The van der Waals surface area contributed by atoms with Crippen LogP contribution in [0.15, 0.2) is 30.3 Å². The number of rotatable bonds is 10. The molecule has 1 aromatic heterocycles. The van der Waals surface area contributed by atoms with E-state index < -0.39 is 25.3 Å². The van der Waals surface area contributed by atoms with Gasteiger partial charge in [-0.15, -0.1) is 11.3 Å². The highest BCUT2D eigenvalue weighted by molar-refractivity contribution is 7.20. The molecular formula is C28H31F5N4O2S. The standard InChI is InChI=1S/C28H31F5N4O2S/c1-37-11-7-18(8-12-37)36-22-5-2-4-19-20(16-28(31,32)33)26(40-27(19)22)6-3-9-34-24-14-21(30)23(35-10-13-38)15-25(24)39-17-29/h2,4-5,14-15,18,34-36,38H,7-13,16-17H2,1H3. The number of likely N-dealkylation sites (tertiary alicyclic amines) is 1. The monoisotopic (exact) mass is 582 g/mol. The molecule has 3 aromatic rings. The molecule has 0 radical (unpaired) electrons. The summed E-state index contributed by atoms with van der Waals surface area (Å²) in [5, 5.41) is 18.5. The van der Waals surface area contributed by atoms with Crippen molar-refractivity contribution in [2.45, 2.75) is 31.5 Å².